The van der Waals surface area contributed by atoms with Crippen molar-refractivity contribution in [1.29, 1.82) is 0 Å². The topological polar surface area (TPSA) is 70.6 Å². The number of rotatable bonds is 8. The Hall–Kier alpha value is -1.75. The van der Waals surface area contributed by atoms with Crippen molar-refractivity contribution in [2.45, 2.75) is 26.3 Å². The van der Waals surface area contributed by atoms with Crippen LogP contribution < -0.4 is 15.4 Å². The first-order chi connectivity index (χ1) is 9.19. The Labute approximate surface area is 114 Å². The van der Waals surface area contributed by atoms with Crippen LogP contribution in [0.2, 0.25) is 0 Å². The first-order valence-electron chi connectivity index (χ1n) is 6.51. The van der Waals surface area contributed by atoms with Gasteiger partial charge in [-0.05, 0) is 12.5 Å². The highest BCUT2D eigenvalue weighted by Gasteiger charge is 2.06. The number of hydrogen-bond acceptors (Lipinski definition) is 4. The highest BCUT2D eigenvalue weighted by molar-refractivity contribution is 5.75. The molecule has 0 saturated heterocycles. The summed E-state index contributed by atoms with van der Waals surface area (Å²) in [4.78, 5) is 11.4. The van der Waals surface area contributed by atoms with Crippen molar-refractivity contribution in [3.63, 3.8) is 0 Å². The zero-order valence-electron chi connectivity index (χ0n) is 11.5. The van der Waals surface area contributed by atoms with E-state index in [1.165, 1.54) is 7.11 Å². The molecule has 0 spiro atoms. The van der Waals surface area contributed by atoms with Crippen molar-refractivity contribution < 1.29 is 14.6 Å². The zero-order valence-corrected chi connectivity index (χ0v) is 11.5. The molecule has 0 bridgehead atoms. The lowest BCUT2D eigenvalue weighted by Gasteiger charge is -2.09. The van der Waals surface area contributed by atoms with E-state index in [0.717, 1.165) is 18.5 Å². The third-order valence-corrected chi connectivity index (χ3v) is 2.72. The van der Waals surface area contributed by atoms with Crippen LogP contribution in [0.15, 0.2) is 18.2 Å². The van der Waals surface area contributed by atoms with Gasteiger partial charge in [-0.3, -0.25) is 4.79 Å². The van der Waals surface area contributed by atoms with Crippen molar-refractivity contribution in [3.8, 4) is 11.5 Å². The Morgan fingerprint density at radius 2 is 2.16 bits per heavy atom. The minimum atomic E-state index is 0.0456. The van der Waals surface area contributed by atoms with Gasteiger partial charge < -0.3 is 20.5 Å². The zero-order chi connectivity index (χ0) is 14.1. The molecule has 0 radical (unpaired) electrons. The van der Waals surface area contributed by atoms with Gasteiger partial charge in [0.2, 0.25) is 5.91 Å². The number of carbonyl (C=O) groups is 1. The summed E-state index contributed by atoms with van der Waals surface area (Å²) >= 11 is 0. The fourth-order valence-corrected chi connectivity index (χ4v) is 1.65. The van der Waals surface area contributed by atoms with E-state index in [-0.39, 0.29) is 11.7 Å². The first kappa shape index (κ1) is 15.3. The summed E-state index contributed by atoms with van der Waals surface area (Å²) < 4.78 is 5.03. The van der Waals surface area contributed by atoms with Gasteiger partial charge in [0.05, 0.1) is 7.11 Å². The van der Waals surface area contributed by atoms with E-state index in [4.69, 9.17) is 4.74 Å². The van der Waals surface area contributed by atoms with Crippen LogP contribution in [0.4, 0.5) is 0 Å². The molecule has 0 aromatic heterocycles. The summed E-state index contributed by atoms with van der Waals surface area (Å²) in [6, 6.07) is 5.35. The molecule has 0 aliphatic heterocycles. The summed E-state index contributed by atoms with van der Waals surface area (Å²) in [7, 11) is 1.52. The Morgan fingerprint density at radius 3 is 2.84 bits per heavy atom. The van der Waals surface area contributed by atoms with Crippen LogP contribution in [0.5, 0.6) is 11.5 Å². The van der Waals surface area contributed by atoms with Crippen molar-refractivity contribution in [2.75, 3.05) is 20.2 Å². The standard InChI is InChI=1S/C14H22N2O3/c1-3-8-16-13(17)7-9-15-10-11-5-4-6-12(19-2)14(11)18/h4-6,15,18H,3,7-10H2,1-2H3,(H,16,17). The first-order valence-corrected chi connectivity index (χ1v) is 6.51. The van der Waals surface area contributed by atoms with E-state index in [9.17, 15) is 9.90 Å². The largest absolute Gasteiger partial charge is 0.504 e. The summed E-state index contributed by atoms with van der Waals surface area (Å²) in [5.41, 5.74) is 0.758. The fraction of sp³-hybridized carbons (Fsp3) is 0.500. The van der Waals surface area contributed by atoms with Gasteiger partial charge in [-0.15, -0.1) is 0 Å². The number of ether oxygens (including phenoxy) is 1. The number of nitrogens with one attached hydrogen (secondary N) is 2. The lowest BCUT2D eigenvalue weighted by molar-refractivity contribution is -0.120. The SMILES string of the molecule is CCCNC(=O)CCNCc1cccc(OC)c1O. The average molecular weight is 266 g/mol. The maximum absolute atomic E-state index is 11.4. The molecule has 1 rings (SSSR count). The van der Waals surface area contributed by atoms with E-state index < -0.39 is 0 Å². The molecule has 0 fully saturated rings. The number of methoxy groups -OCH3 is 1. The van der Waals surface area contributed by atoms with Gasteiger partial charge in [0.1, 0.15) is 0 Å². The average Bonchev–Trinajstić information content (AvgIpc) is 2.42. The molecule has 0 aliphatic rings. The molecule has 5 heteroatoms. The van der Waals surface area contributed by atoms with Crippen LogP contribution in [0.25, 0.3) is 0 Å². The maximum atomic E-state index is 11.4. The van der Waals surface area contributed by atoms with Gasteiger partial charge in [0.25, 0.3) is 0 Å². The highest BCUT2D eigenvalue weighted by Crippen LogP contribution is 2.28. The van der Waals surface area contributed by atoms with Gasteiger partial charge in [-0.1, -0.05) is 19.1 Å². The minimum absolute atomic E-state index is 0.0456. The second-order valence-electron chi connectivity index (χ2n) is 4.24. The minimum Gasteiger partial charge on any atom is -0.504 e. The monoisotopic (exact) mass is 266 g/mol. The van der Waals surface area contributed by atoms with Crippen LogP contribution in [-0.4, -0.2) is 31.2 Å². The van der Waals surface area contributed by atoms with Crippen LogP contribution >= 0.6 is 0 Å². The van der Waals surface area contributed by atoms with Crippen molar-refractivity contribution >= 4 is 5.91 Å². The quantitative estimate of drug-likeness (QED) is 0.622. The maximum Gasteiger partial charge on any atom is 0.221 e. The number of carbonyl (C=O) groups excluding carboxylic acids is 1. The lowest BCUT2D eigenvalue weighted by Crippen LogP contribution is -2.28. The fourth-order valence-electron chi connectivity index (χ4n) is 1.65. The van der Waals surface area contributed by atoms with Gasteiger partial charge in [-0.25, -0.2) is 0 Å². The number of phenolic OH excluding ortho intramolecular Hbond substituents is 1. The molecule has 1 amide bonds. The number of phenols is 1. The molecular formula is C14H22N2O3. The molecule has 106 valence electrons. The Morgan fingerprint density at radius 1 is 1.37 bits per heavy atom. The van der Waals surface area contributed by atoms with Gasteiger partial charge >= 0.3 is 0 Å². The van der Waals surface area contributed by atoms with E-state index >= 15 is 0 Å². The molecule has 1 aromatic rings. The Bertz CT molecular complexity index is 408. The highest BCUT2D eigenvalue weighted by atomic mass is 16.5. The van der Waals surface area contributed by atoms with Crippen LogP contribution in [0.3, 0.4) is 0 Å². The van der Waals surface area contributed by atoms with Crippen molar-refractivity contribution in [2.24, 2.45) is 0 Å². The summed E-state index contributed by atoms with van der Waals surface area (Å²) in [6.45, 7) is 3.82. The van der Waals surface area contributed by atoms with Gasteiger partial charge in [0, 0.05) is 31.6 Å². The van der Waals surface area contributed by atoms with E-state index in [1.807, 2.05) is 19.1 Å². The van der Waals surface area contributed by atoms with Crippen molar-refractivity contribution in [1.82, 2.24) is 10.6 Å². The Kier molecular flexibility index (Phi) is 6.74. The van der Waals surface area contributed by atoms with E-state index in [0.29, 0.717) is 25.3 Å². The van der Waals surface area contributed by atoms with E-state index in [2.05, 4.69) is 10.6 Å². The predicted octanol–water partition coefficient (Wildman–Crippen LogP) is 1.41. The molecule has 3 N–H and O–H groups in total. The molecule has 0 aliphatic carbocycles. The van der Waals surface area contributed by atoms with Crippen molar-refractivity contribution in [3.05, 3.63) is 23.8 Å². The van der Waals surface area contributed by atoms with Gasteiger partial charge in [0.15, 0.2) is 11.5 Å². The molecule has 5 nitrogen and oxygen atoms in total. The summed E-state index contributed by atoms with van der Waals surface area (Å²) in [5.74, 6) is 0.650. The third kappa shape index (κ3) is 5.18. The Balaban J connectivity index is 2.31. The van der Waals surface area contributed by atoms with Gasteiger partial charge in [-0.2, -0.15) is 0 Å². The normalized spacial score (nSPS) is 10.2. The molecule has 0 heterocycles. The molecule has 1 aromatic carbocycles. The van der Waals surface area contributed by atoms with Crippen LogP contribution in [0, 0.1) is 0 Å². The molecule has 0 unspecified atom stereocenters. The predicted molar refractivity (Wildman–Crippen MR) is 74.3 cm³/mol. The number of amides is 1. The molecular weight excluding hydrogens is 244 g/mol. The number of benzene rings is 1. The summed E-state index contributed by atoms with van der Waals surface area (Å²) in [6.07, 6.45) is 1.38. The number of aromatic hydroxyl groups is 1. The van der Waals surface area contributed by atoms with E-state index in [1.54, 1.807) is 6.07 Å². The smallest absolute Gasteiger partial charge is 0.221 e. The van der Waals surface area contributed by atoms with Crippen LogP contribution in [0.1, 0.15) is 25.3 Å². The second-order valence-corrected chi connectivity index (χ2v) is 4.24. The second kappa shape index (κ2) is 8.37. The molecule has 0 saturated carbocycles. The van der Waals surface area contributed by atoms with Crippen LogP contribution in [-0.2, 0) is 11.3 Å². The molecule has 0 atom stereocenters. The summed E-state index contributed by atoms with van der Waals surface area (Å²) in [5, 5.41) is 15.8. The third-order valence-electron chi connectivity index (χ3n) is 2.72. The molecule has 19 heavy (non-hydrogen) atoms. The number of para-hydroxylation sites is 1. The lowest BCUT2D eigenvalue weighted by atomic mass is 10.2. The number of hydrogen-bond donors (Lipinski definition) is 3.